The van der Waals surface area contributed by atoms with Gasteiger partial charge in [-0.2, -0.15) is 0 Å². The highest BCUT2D eigenvalue weighted by molar-refractivity contribution is 5.96. The van der Waals surface area contributed by atoms with Crippen LogP contribution in [0.5, 0.6) is 0 Å². The molecule has 1 N–H and O–H groups in total. The molecular formula is C29H36N2O. The molecule has 0 bridgehead atoms. The summed E-state index contributed by atoms with van der Waals surface area (Å²) in [6, 6.07) is 24.2. The van der Waals surface area contributed by atoms with Gasteiger partial charge in [0.15, 0.2) is 0 Å². The maximum Gasteiger partial charge on any atom is 0.0728 e. The number of aliphatic hydroxyl groups is 1. The summed E-state index contributed by atoms with van der Waals surface area (Å²) >= 11 is 0. The van der Waals surface area contributed by atoms with Gasteiger partial charge in [0.05, 0.1) is 5.60 Å². The van der Waals surface area contributed by atoms with Crippen molar-refractivity contribution in [3.05, 3.63) is 72.3 Å². The van der Waals surface area contributed by atoms with Crippen LogP contribution in [0.3, 0.4) is 0 Å². The first-order valence-corrected chi connectivity index (χ1v) is 12.3. The molecule has 0 aromatic heterocycles. The van der Waals surface area contributed by atoms with Gasteiger partial charge in [-0.1, -0.05) is 86.0 Å². The van der Waals surface area contributed by atoms with Crippen molar-refractivity contribution in [3.8, 4) is 11.1 Å². The molecule has 1 aliphatic heterocycles. The molecule has 1 unspecified atom stereocenters. The molecule has 1 aliphatic carbocycles. The van der Waals surface area contributed by atoms with Crippen molar-refractivity contribution in [3.63, 3.8) is 0 Å². The third-order valence-corrected chi connectivity index (χ3v) is 7.82. The molecule has 3 aromatic carbocycles. The van der Waals surface area contributed by atoms with E-state index in [-0.39, 0.29) is 5.92 Å². The van der Waals surface area contributed by atoms with E-state index >= 15 is 0 Å². The van der Waals surface area contributed by atoms with Gasteiger partial charge in [-0.15, -0.1) is 0 Å². The Labute approximate surface area is 192 Å². The van der Waals surface area contributed by atoms with Crippen LogP contribution >= 0.6 is 0 Å². The van der Waals surface area contributed by atoms with Crippen LogP contribution in [0.1, 0.15) is 43.6 Å². The number of nitrogens with zero attached hydrogens (tertiary/aromatic N) is 2. The molecule has 168 valence electrons. The van der Waals surface area contributed by atoms with Crippen molar-refractivity contribution in [2.45, 2.75) is 43.6 Å². The van der Waals surface area contributed by atoms with E-state index < -0.39 is 5.60 Å². The molecule has 3 nitrogen and oxygen atoms in total. The van der Waals surface area contributed by atoms with Gasteiger partial charge in [0.1, 0.15) is 0 Å². The number of fused-ring (bicyclic) bond motifs is 1. The SMILES string of the molecule is CN1CCN(CC(c2ccc(-c3cccc4ccccc34)cc2)C2(O)CCCCC2)CC1. The third-order valence-electron chi connectivity index (χ3n) is 7.82. The average Bonchev–Trinajstić information content (AvgIpc) is 2.84. The molecule has 3 aromatic rings. The molecule has 1 saturated heterocycles. The van der Waals surface area contributed by atoms with Crippen molar-refractivity contribution in [2.75, 3.05) is 39.8 Å². The van der Waals surface area contributed by atoms with E-state index in [1.54, 1.807) is 0 Å². The minimum absolute atomic E-state index is 0.174. The first-order chi connectivity index (χ1) is 15.6. The van der Waals surface area contributed by atoms with Crippen LogP contribution in [0.25, 0.3) is 21.9 Å². The van der Waals surface area contributed by atoms with E-state index in [1.807, 2.05) is 0 Å². The van der Waals surface area contributed by atoms with E-state index in [4.69, 9.17) is 0 Å². The van der Waals surface area contributed by atoms with E-state index in [9.17, 15) is 5.11 Å². The van der Waals surface area contributed by atoms with Gasteiger partial charge in [0, 0.05) is 38.6 Å². The lowest BCUT2D eigenvalue weighted by atomic mass is 9.72. The monoisotopic (exact) mass is 428 g/mol. The van der Waals surface area contributed by atoms with Crippen LogP contribution in [-0.4, -0.2) is 60.3 Å². The predicted octanol–water partition coefficient (Wildman–Crippen LogP) is 5.53. The second-order valence-corrected chi connectivity index (χ2v) is 9.97. The summed E-state index contributed by atoms with van der Waals surface area (Å²) in [5.74, 6) is 0.174. The third kappa shape index (κ3) is 4.47. The molecule has 32 heavy (non-hydrogen) atoms. The number of likely N-dealkylation sites (N-methyl/N-ethyl adjacent to an activating group) is 1. The van der Waals surface area contributed by atoms with Gasteiger partial charge in [0.2, 0.25) is 0 Å². The van der Waals surface area contributed by atoms with E-state index in [1.165, 1.54) is 33.9 Å². The Kier molecular flexibility index (Phi) is 6.32. The Morgan fingerprint density at radius 3 is 2.25 bits per heavy atom. The molecule has 0 radical (unpaired) electrons. The van der Waals surface area contributed by atoms with Crippen molar-refractivity contribution < 1.29 is 5.11 Å². The topological polar surface area (TPSA) is 26.7 Å². The van der Waals surface area contributed by atoms with Crippen molar-refractivity contribution in [1.29, 1.82) is 0 Å². The molecule has 1 atom stereocenters. The summed E-state index contributed by atoms with van der Waals surface area (Å²) in [4.78, 5) is 4.97. The maximum atomic E-state index is 11.8. The zero-order valence-electron chi connectivity index (χ0n) is 19.3. The smallest absolute Gasteiger partial charge is 0.0728 e. The van der Waals surface area contributed by atoms with Gasteiger partial charge in [-0.25, -0.2) is 0 Å². The lowest BCUT2D eigenvalue weighted by molar-refractivity contribution is -0.0337. The van der Waals surface area contributed by atoms with Gasteiger partial charge in [0.25, 0.3) is 0 Å². The first-order valence-electron chi connectivity index (χ1n) is 12.3. The van der Waals surface area contributed by atoms with E-state index in [0.29, 0.717) is 0 Å². The lowest BCUT2D eigenvalue weighted by Crippen LogP contribution is -2.50. The van der Waals surface area contributed by atoms with Crippen LogP contribution in [0.4, 0.5) is 0 Å². The fourth-order valence-electron chi connectivity index (χ4n) is 5.76. The van der Waals surface area contributed by atoms with Gasteiger partial charge in [-0.05, 0) is 47.4 Å². The van der Waals surface area contributed by atoms with E-state index in [2.05, 4.69) is 83.6 Å². The molecule has 2 fully saturated rings. The largest absolute Gasteiger partial charge is 0.389 e. The van der Waals surface area contributed by atoms with Crippen molar-refractivity contribution >= 4 is 10.8 Å². The maximum absolute atomic E-state index is 11.8. The Bertz CT molecular complexity index is 1030. The number of rotatable bonds is 5. The van der Waals surface area contributed by atoms with Crippen LogP contribution in [0.2, 0.25) is 0 Å². The zero-order chi connectivity index (χ0) is 22.0. The molecule has 0 amide bonds. The van der Waals surface area contributed by atoms with Crippen LogP contribution < -0.4 is 0 Å². The molecule has 1 saturated carbocycles. The fourth-order valence-corrected chi connectivity index (χ4v) is 5.76. The Balaban J connectivity index is 1.44. The van der Waals surface area contributed by atoms with Crippen molar-refractivity contribution in [1.82, 2.24) is 9.80 Å². The number of piperazine rings is 1. The highest BCUT2D eigenvalue weighted by Gasteiger charge is 2.39. The Morgan fingerprint density at radius 2 is 1.50 bits per heavy atom. The molecular weight excluding hydrogens is 392 g/mol. The van der Waals surface area contributed by atoms with Crippen LogP contribution in [-0.2, 0) is 0 Å². The fraction of sp³-hybridized carbons (Fsp3) is 0.448. The van der Waals surface area contributed by atoms with Gasteiger partial charge < -0.3 is 14.9 Å². The van der Waals surface area contributed by atoms with Crippen LogP contribution in [0, 0.1) is 0 Å². The minimum Gasteiger partial charge on any atom is -0.389 e. The van der Waals surface area contributed by atoms with Crippen molar-refractivity contribution in [2.24, 2.45) is 0 Å². The Morgan fingerprint density at radius 1 is 0.812 bits per heavy atom. The molecule has 1 heterocycles. The summed E-state index contributed by atoms with van der Waals surface area (Å²) in [6.07, 6.45) is 5.39. The second kappa shape index (κ2) is 9.35. The molecule has 2 aliphatic rings. The molecule has 0 spiro atoms. The molecule has 3 heteroatoms. The summed E-state index contributed by atoms with van der Waals surface area (Å²) in [5.41, 5.74) is 3.24. The van der Waals surface area contributed by atoms with Gasteiger partial charge in [-0.3, -0.25) is 0 Å². The second-order valence-electron chi connectivity index (χ2n) is 9.97. The summed E-state index contributed by atoms with van der Waals surface area (Å²) < 4.78 is 0. The highest BCUT2D eigenvalue weighted by Crippen LogP contribution is 2.41. The zero-order valence-corrected chi connectivity index (χ0v) is 19.3. The van der Waals surface area contributed by atoms with Crippen LogP contribution in [0.15, 0.2) is 66.7 Å². The van der Waals surface area contributed by atoms with E-state index in [0.717, 1.165) is 58.4 Å². The number of hydrogen-bond acceptors (Lipinski definition) is 3. The summed E-state index contributed by atoms with van der Waals surface area (Å²) in [6.45, 7) is 5.38. The minimum atomic E-state index is -0.581. The number of hydrogen-bond donors (Lipinski definition) is 1. The Hall–Kier alpha value is -2.20. The summed E-state index contributed by atoms with van der Waals surface area (Å²) in [7, 11) is 2.20. The average molecular weight is 429 g/mol. The lowest BCUT2D eigenvalue weighted by Gasteiger charge is -2.43. The normalized spacial score (nSPS) is 20.9. The number of benzene rings is 3. The van der Waals surface area contributed by atoms with Gasteiger partial charge >= 0.3 is 0 Å². The first kappa shape index (κ1) is 21.6. The molecule has 5 rings (SSSR count). The highest BCUT2D eigenvalue weighted by atomic mass is 16.3. The summed E-state index contributed by atoms with van der Waals surface area (Å²) in [5, 5.41) is 14.3. The predicted molar refractivity (Wildman–Crippen MR) is 134 cm³/mol. The quantitative estimate of drug-likeness (QED) is 0.579. The standard InChI is InChI=1S/C29H36N2O/c1-30-18-20-31(21-19-30)22-28(29(32)16-5-2-6-17-29)25-14-12-24(13-15-25)27-11-7-9-23-8-3-4-10-26(23)27/h3-4,7-15,28,32H,2,5-6,16-22H2,1H3.